The highest BCUT2D eigenvalue weighted by atomic mass is 32.2. The van der Waals surface area contributed by atoms with Crippen LogP contribution in [0.5, 0.6) is 0 Å². The fourth-order valence-electron chi connectivity index (χ4n) is 2.47. The molecule has 0 heterocycles. The molecule has 0 spiro atoms. The van der Waals surface area contributed by atoms with E-state index in [4.69, 9.17) is 0 Å². The van der Waals surface area contributed by atoms with Crippen LogP contribution in [0.1, 0.15) is 29.8 Å². The standard InChI is InChI=1S/C18H20F3N3O3S/c1-3-24(4-2)28(26,27)16-10-8-13(9-11-16)17(25)23-22-15-7-5-6-14(12-15)18(19,20)21/h5-12,22H,3-4H2,1-2H3,(H,23,25). The van der Waals surface area contributed by atoms with E-state index in [1.807, 2.05) is 0 Å². The van der Waals surface area contributed by atoms with Gasteiger partial charge in [-0.1, -0.05) is 19.9 Å². The minimum atomic E-state index is -4.49. The van der Waals surface area contributed by atoms with Gasteiger partial charge in [-0.25, -0.2) is 8.42 Å². The minimum Gasteiger partial charge on any atom is -0.298 e. The molecule has 0 aliphatic carbocycles. The summed E-state index contributed by atoms with van der Waals surface area (Å²) >= 11 is 0. The van der Waals surface area contributed by atoms with E-state index in [-0.39, 0.29) is 16.1 Å². The van der Waals surface area contributed by atoms with E-state index < -0.39 is 27.7 Å². The maximum atomic E-state index is 12.7. The van der Waals surface area contributed by atoms with E-state index in [2.05, 4.69) is 10.9 Å². The number of amides is 1. The summed E-state index contributed by atoms with van der Waals surface area (Å²) in [5.74, 6) is -0.621. The number of benzene rings is 2. The van der Waals surface area contributed by atoms with Crippen molar-refractivity contribution in [2.24, 2.45) is 0 Å². The van der Waals surface area contributed by atoms with E-state index in [0.29, 0.717) is 13.1 Å². The Morgan fingerprint density at radius 3 is 2.18 bits per heavy atom. The molecule has 0 unspecified atom stereocenters. The van der Waals surface area contributed by atoms with Gasteiger partial charge in [-0.05, 0) is 42.5 Å². The Balaban J connectivity index is 2.08. The predicted octanol–water partition coefficient (Wildman–Crippen LogP) is 3.49. The van der Waals surface area contributed by atoms with E-state index in [0.717, 1.165) is 12.1 Å². The van der Waals surface area contributed by atoms with Crippen LogP contribution in [0.4, 0.5) is 18.9 Å². The van der Waals surface area contributed by atoms with Crippen molar-refractivity contribution >= 4 is 21.6 Å². The van der Waals surface area contributed by atoms with Gasteiger partial charge in [0.2, 0.25) is 10.0 Å². The Kier molecular flexibility index (Phi) is 6.68. The Labute approximate surface area is 161 Å². The molecule has 2 rings (SSSR count). The molecule has 0 saturated heterocycles. The second-order valence-electron chi connectivity index (χ2n) is 5.77. The second-order valence-corrected chi connectivity index (χ2v) is 7.71. The van der Waals surface area contributed by atoms with Crippen molar-refractivity contribution in [1.29, 1.82) is 0 Å². The van der Waals surface area contributed by atoms with Crippen molar-refractivity contribution < 1.29 is 26.4 Å². The molecule has 28 heavy (non-hydrogen) atoms. The van der Waals surface area contributed by atoms with Gasteiger partial charge in [0, 0.05) is 18.7 Å². The number of alkyl halides is 3. The lowest BCUT2D eigenvalue weighted by Crippen LogP contribution is -2.31. The lowest BCUT2D eigenvalue weighted by atomic mass is 10.2. The highest BCUT2D eigenvalue weighted by Gasteiger charge is 2.30. The smallest absolute Gasteiger partial charge is 0.298 e. The zero-order chi connectivity index (χ0) is 20.9. The van der Waals surface area contributed by atoms with Crippen LogP contribution in [-0.2, 0) is 16.2 Å². The number of nitrogens with zero attached hydrogens (tertiary/aromatic N) is 1. The molecule has 2 aromatic rings. The van der Waals surface area contributed by atoms with Crippen LogP contribution < -0.4 is 10.9 Å². The molecule has 0 fully saturated rings. The molecular weight excluding hydrogens is 395 g/mol. The van der Waals surface area contributed by atoms with E-state index in [9.17, 15) is 26.4 Å². The highest BCUT2D eigenvalue weighted by Crippen LogP contribution is 2.30. The van der Waals surface area contributed by atoms with Gasteiger partial charge >= 0.3 is 6.18 Å². The SMILES string of the molecule is CCN(CC)S(=O)(=O)c1ccc(C(=O)NNc2cccc(C(F)(F)F)c2)cc1. The molecular formula is C18H20F3N3O3S. The molecule has 0 aliphatic rings. The van der Waals surface area contributed by atoms with Gasteiger partial charge in [-0.15, -0.1) is 0 Å². The maximum Gasteiger partial charge on any atom is 0.416 e. The summed E-state index contributed by atoms with van der Waals surface area (Å²) in [6, 6.07) is 9.65. The van der Waals surface area contributed by atoms with Crippen LogP contribution >= 0.6 is 0 Å². The fourth-order valence-corrected chi connectivity index (χ4v) is 3.92. The molecule has 0 aliphatic heterocycles. The Morgan fingerprint density at radius 1 is 1.04 bits per heavy atom. The Hall–Kier alpha value is -2.59. The molecule has 2 aromatic carbocycles. The topological polar surface area (TPSA) is 78.5 Å². The minimum absolute atomic E-state index is 0.0542. The lowest BCUT2D eigenvalue weighted by Gasteiger charge is -2.18. The largest absolute Gasteiger partial charge is 0.416 e. The molecule has 0 bridgehead atoms. The van der Waals surface area contributed by atoms with Gasteiger partial charge < -0.3 is 0 Å². The van der Waals surface area contributed by atoms with Crippen molar-refractivity contribution in [3.63, 3.8) is 0 Å². The first kappa shape index (κ1) is 21.7. The number of nitrogens with one attached hydrogen (secondary N) is 2. The van der Waals surface area contributed by atoms with E-state index in [1.165, 1.54) is 40.7 Å². The van der Waals surface area contributed by atoms with Crippen molar-refractivity contribution in [2.75, 3.05) is 18.5 Å². The van der Waals surface area contributed by atoms with Crippen LogP contribution in [-0.4, -0.2) is 31.7 Å². The number of sulfonamides is 1. The Bertz CT molecular complexity index is 925. The summed E-state index contributed by atoms with van der Waals surface area (Å²) in [6.45, 7) is 4.09. The van der Waals surface area contributed by atoms with Crippen LogP contribution in [0, 0.1) is 0 Å². The first-order valence-electron chi connectivity index (χ1n) is 8.43. The molecule has 10 heteroatoms. The van der Waals surface area contributed by atoms with Gasteiger partial charge in [0.15, 0.2) is 0 Å². The summed E-state index contributed by atoms with van der Waals surface area (Å²) < 4.78 is 64.2. The highest BCUT2D eigenvalue weighted by molar-refractivity contribution is 7.89. The number of anilines is 1. The number of hydrogen-bond donors (Lipinski definition) is 2. The van der Waals surface area contributed by atoms with Gasteiger partial charge in [0.05, 0.1) is 16.1 Å². The molecule has 0 saturated carbocycles. The number of halogens is 3. The third-order valence-electron chi connectivity index (χ3n) is 3.97. The summed E-state index contributed by atoms with van der Waals surface area (Å²) in [4.78, 5) is 12.2. The van der Waals surface area contributed by atoms with E-state index in [1.54, 1.807) is 13.8 Å². The number of rotatable bonds is 7. The molecule has 0 aromatic heterocycles. The van der Waals surface area contributed by atoms with Gasteiger partial charge in [-0.3, -0.25) is 15.6 Å². The van der Waals surface area contributed by atoms with Crippen molar-refractivity contribution in [2.45, 2.75) is 24.9 Å². The maximum absolute atomic E-state index is 12.7. The number of hydrogen-bond acceptors (Lipinski definition) is 4. The average Bonchev–Trinajstić information content (AvgIpc) is 2.66. The van der Waals surface area contributed by atoms with Crippen molar-refractivity contribution in [3.05, 3.63) is 59.7 Å². The first-order valence-corrected chi connectivity index (χ1v) is 9.87. The number of carbonyl (C=O) groups is 1. The summed E-state index contributed by atoms with van der Waals surface area (Å²) in [5, 5.41) is 0. The van der Waals surface area contributed by atoms with Crippen LogP contribution in [0.15, 0.2) is 53.4 Å². The monoisotopic (exact) mass is 415 g/mol. The molecule has 2 N–H and O–H groups in total. The normalized spacial score (nSPS) is 12.1. The molecule has 1 amide bonds. The first-order chi connectivity index (χ1) is 13.1. The number of carbonyl (C=O) groups excluding carboxylic acids is 1. The molecule has 0 radical (unpaired) electrons. The average molecular weight is 415 g/mol. The second kappa shape index (κ2) is 8.61. The van der Waals surface area contributed by atoms with E-state index >= 15 is 0 Å². The summed E-state index contributed by atoms with van der Waals surface area (Å²) in [6.07, 6.45) is -4.49. The molecule has 6 nitrogen and oxygen atoms in total. The van der Waals surface area contributed by atoms with Crippen LogP contribution in [0.3, 0.4) is 0 Å². The summed E-state index contributed by atoms with van der Waals surface area (Å²) in [7, 11) is -3.64. The third-order valence-corrected chi connectivity index (χ3v) is 6.03. The van der Waals surface area contributed by atoms with Gasteiger partial charge in [0.1, 0.15) is 0 Å². The van der Waals surface area contributed by atoms with Crippen molar-refractivity contribution in [1.82, 2.24) is 9.73 Å². The zero-order valence-corrected chi connectivity index (χ0v) is 16.1. The molecule has 0 atom stereocenters. The van der Waals surface area contributed by atoms with Crippen molar-refractivity contribution in [3.8, 4) is 0 Å². The fraction of sp³-hybridized carbons (Fsp3) is 0.278. The lowest BCUT2D eigenvalue weighted by molar-refractivity contribution is -0.137. The summed E-state index contributed by atoms with van der Waals surface area (Å²) in [5.41, 5.74) is 4.05. The van der Waals surface area contributed by atoms with Crippen LogP contribution in [0.2, 0.25) is 0 Å². The zero-order valence-electron chi connectivity index (χ0n) is 15.2. The van der Waals surface area contributed by atoms with Gasteiger partial charge in [-0.2, -0.15) is 17.5 Å². The number of hydrazine groups is 1. The predicted molar refractivity (Wildman–Crippen MR) is 99.1 cm³/mol. The quantitative estimate of drug-likeness (QED) is 0.679. The third kappa shape index (κ3) is 5.02. The molecule has 152 valence electrons. The van der Waals surface area contributed by atoms with Crippen LogP contribution in [0.25, 0.3) is 0 Å². The van der Waals surface area contributed by atoms with Gasteiger partial charge in [0.25, 0.3) is 5.91 Å². The Morgan fingerprint density at radius 2 is 1.64 bits per heavy atom.